The van der Waals surface area contributed by atoms with E-state index in [4.69, 9.17) is 22.1 Å². The quantitative estimate of drug-likeness (QED) is 0.898. The number of halogens is 2. The van der Waals surface area contributed by atoms with Crippen molar-refractivity contribution in [2.24, 2.45) is 5.73 Å². The Bertz CT molecular complexity index is 540. The molecule has 2 aromatic rings. The number of rotatable bonds is 3. The zero-order valence-electron chi connectivity index (χ0n) is 9.86. The average molecular weight is 266 g/mol. The fraction of sp³-hybridized carbons (Fsp3) is 0.143. The summed E-state index contributed by atoms with van der Waals surface area (Å²) in [6.07, 6.45) is 0. The van der Waals surface area contributed by atoms with Crippen LogP contribution in [-0.4, -0.2) is 0 Å². The van der Waals surface area contributed by atoms with Crippen LogP contribution in [0.1, 0.15) is 18.5 Å². The molecule has 18 heavy (non-hydrogen) atoms. The van der Waals surface area contributed by atoms with Crippen LogP contribution in [0.5, 0.6) is 11.5 Å². The maximum Gasteiger partial charge on any atom is 0.148 e. The van der Waals surface area contributed by atoms with Crippen molar-refractivity contribution in [3.05, 3.63) is 58.9 Å². The number of nitrogens with two attached hydrogens (primary N) is 1. The van der Waals surface area contributed by atoms with E-state index in [2.05, 4.69) is 0 Å². The van der Waals surface area contributed by atoms with Crippen molar-refractivity contribution in [2.45, 2.75) is 13.0 Å². The van der Waals surface area contributed by atoms with Gasteiger partial charge in [0.2, 0.25) is 0 Å². The van der Waals surface area contributed by atoms with Gasteiger partial charge in [0.15, 0.2) is 0 Å². The zero-order valence-corrected chi connectivity index (χ0v) is 10.6. The molecule has 2 rings (SSSR count). The van der Waals surface area contributed by atoms with Crippen molar-refractivity contribution < 1.29 is 9.13 Å². The molecule has 0 unspecified atom stereocenters. The highest BCUT2D eigenvalue weighted by Gasteiger charge is 2.05. The molecule has 0 amide bonds. The number of benzene rings is 2. The van der Waals surface area contributed by atoms with Crippen LogP contribution >= 0.6 is 11.6 Å². The zero-order chi connectivity index (χ0) is 13.1. The minimum Gasteiger partial charge on any atom is -0.456 e. The normalized spacial score (nSPS) is 12.2. The molecule has 94 valence electrons. The maximum atomic E-state index is 13.1. The highest BCUT2D eigenvalue weighted by Crippen LogP contribution is 2.30. The molecule has 1 atom stereocenters. The highest BCUT2D eigenvalue weighted by atomic mass is 35.5. The molecule has 0 radical (unpaired) electrons. The Labute approximate surface area is 110 Å². The van der Waals surface area contributed by atoms with Gasteiger partial charge < -0.3 is 10.5 Å². The molecule has 0 fully saturated rings. The summed E-state index contributed by atoms with van der Waals surface area (Å²) in [6.45, 7) is 1.90. The summed E-state index contributed by atoms with van der Waals surface area (Å²) in [5, 5.41) is 0.368. The highest BCUT2D eigenvalue weighted by molar-refractivity contribution is 6.32. The van der Waals surface area contributed by atoms with Crippen LogP contribution in [0.3, 0.4) is 0 Å². The second kappa shape index (κ2) is 5.38. The van der Waals surface area contributed by atoms with Gasteiger partial charge in [0.25, 0.3) is 0 Å². The number of ether oxygens (including phenoxy) is 1. The van der Waals surface area contributed by atoms with E-state index >= 15 is 0 Å². The Morgan fingerprint density at radius 1 is 1.17 bits per heavy atom. The molecule has 0 aliphatic rings. The van der Waals surface area contributed by atoms with Crippen LogP contribution in [0, 0.1) is 5.82 Å². The molecule has 0 saturated carbocycles. The van der Waals surface area contributed by atoms with Crippen molar-refractivity contribution in [3.63, 3.8) is 0 Å². The van der Waals surface area contributed by atoms with Gasteiger partial charge in [0.1, 0.15) is 17.3 Å². The lowest BCUT2D eigenvalue weighted by atomic mass is 10.1. The van der Waals surface area contributed by atoms with E-state index in [0.717, 1.165) is 5.56 Å². The fourth-order valence-corrected chi connectivity index (χ4v) is 1.68. The van der Waals surface area contributed by atoms with E-state index in [9.17, 15) is 4.39 Å². The summed E-state index contributed by atoms with van der Waals surface area (Å²) in [6, 6.07) is 11.3. The molecule has 4 heteroatoms. The Kier molecular flexibility index (Phi) is 3.84. The predicted octanol–water partition coefficient (Wildman–Crippen LogP) is 4.29. The van der Waals surface area contributed by atoms with Gasteiger partial charge in [-0.05, 0) is 36.8 Å². The van der Waals surface area contributed by atoms with Gasteiger partial charge in [-0.25, -0.2) is 4.39 Å². The first kappa shape index (κ1) is 12.9. The minimum absolute atomic E-state index is 0.0307. The van der Waals surface area contributed by atoms with E-state index < -0.39 is 0 Å². The SMILES string of the molecule is C[C@@H](N)c1ccc(Oc2cc(F)ccc2Cl)cc1. The molecule has 2 aromatic carbocycles. The van der Waals surface area contributed by atoms with Crippen LogP contribution in [0.25, 0.3) is 0 Å². The van der Waals surface area contributed by atoms with Gasteiger partial charge in [-0.2, -0.15) is 0 Å². The third kappa shape index (κ3) is 3.00. The summed E-state index contributed by atoms with van der Waals surface area (Å²) in [5.41, 5.74) is 6.76. The summed E-state index contributed by atoms with van der Waals surface area (Å²) in [7, 11) is 0. The van der Waals surface area contributed by atoms with E-state index in [1.165, 1.54) is 18.2 Å². The van der Waals surface area contributed by atoms with E-state index in [0.29, 0.717) is 16.5 Å². The van der Waals surface area contributed by atoms with Crippen molar-refractivity contribution >= 4 is 11.6 Å². The second-order valence-corrected chi connectivity index (χ2v) is 4.44. The fourth-order valence-electron chi connectivity index (χ4n) is 1.52. The van der Waals surface area contributed by atoms with Gasteiger partial charge in [-0.1, -0.05) is 23.7 Å². The molecule has 0 aromatic heterocycles. The van der Waals surface area contributed by atoms with Gasteiger partial charge in [-0.3, -0.25) is 0 Å². The third-order valence-corrected chi connectivity index (χ3v) is 2.84. The Hall–Kier alpha value is -1.58. The lowest BCUT2D eigenvalue weighted by molar-refractivity contribution is 0.476. The van der Waals surface area contributed by atoms with E-state index in [1.807, 2.05) is 19.1 Å². The minimum atomic E-state index is -0.387. The summed E-state index contributed by atoms with van der Waals surface area (Å²) >= 11 is 5.92. The number of hydrogen-bond acceptors (Lipinski definition) is 2. The average Bonchev–Trinajstić information content (AvgIpc) is 2.34. The predicted molar refractivity (Wildman–Crippen MR) is 70.5 cm³/mol. The van der Waals surface area contributed by atoms with Gasteiger partial charge in [-0.15, -0.1) is 0 Å². The molecule has 0 spiro atoms. The monoisotopic (exact) mass is 265 g/mol. The summed E-state index contributed by atoms with van der Waals surface area (Å²) < 4.78 is 18.6. The standard InChI is InChI=1S/C14H13ClFNO/c1-9(17)10-2-5-12(6-3-10)18-14-8-11(16)4-7-13(14)15/h2-9H,17H2,1H3/t9-/m1/s1. The van der Waals surface area contributed by atoms with Crippen molar-refractivity contribution in [1.82, 2.24) is 0 Å². The Balaban J connectivity index is 2.21. The molecular formula is C14H13ClFNO. The molecule has 2 N–H and O–H groups in total. The summed E-state index contributed by atoms with van der Waals surface area (Å²) in [5.74, 6) is 0.499. The van der Waals surface area contributed by atoms with E-state index in [1.54, 1.807) is 12.1 Å². The third-order valence-electron chi connectivity index (χ3n) is 2.53. The van der Waals surface area contributed by atoms with Crippen molar-refractivity contribution in [1.29, 1.82) is 0 Å². The molecular weight excluding hydrogens is 253 g/mol. The van der Waals surface area contributed by atoms with Crippen molar-refractivity contribution in [3.8, 4) is 11.5 Å². The second-order valence-electron chi connectivity index (χ2n) is 4.03. The summed E-state index contributed by atoms with van der Waals surface area (Å²) in [4.78, 5) is 0. The first-order valence-corrected chi connectivity index (χ1v) is 5.92. The van der Waals surface area contributed by atoms with Crippen LogP contribution < -0.4 is 10.5 Å². The Morgan fingerprint density at radius 2 is 1.83 bits per heavy atom. The maximum absolute atomic E-state index is 13.1. The molecule has 0 aliphatic carbocycles. The van der Waals surface area contributed by atoms with Gasteiger partial charge in [0.05, 0.1) is 5.02 Å². The van der Waals surface area contributed by atoms with Crippen LogP contribution in [0.4, 0.5) is 4.39 Å². The lowest BCUT2D eigenvalue weighted by Gasteiger charge is -2.09. The molecule has 0 saturated heterocycles. The van der Waals surface area contributed by atoms with Gasteiger partial charge >= 0.3 is 0 Å². The molecule has 0 heterocycles. The molecule has 0 aliphatic heterocycles. The molecule has 0 bridgehead atoms. The largest absolute Gasteiger partial charge is 0.456 e. The van der Waals surface area contributed by atoms with Crippen molar-refractivity contribution in [2.75, 3.05) is 0 Å². The van der Waals surface area contributed by atoms with E-state index in [-0.39, 0.29) is 11.9 Å². The number of hydrogen-bond donors (Lipinski definition) is 1. The Morgan fingerprint density at radius 3 is 2.44 bits per heavy atom. The van der Waals surface area contributed by atoms with Gasteiger partial charge in [0, 0.05) is 12.1 Å². The van der Waals surface area contributed by atoms with Crippen LogP contribution in [0.15, 0.2) is 42.5 Å². The van der Waals surface area contributed by atoms with Crippen LogP contribution in [0.2, 0.25) is 5.02 Å². The lowest BCUT2D eigenvalue weighted by Crippen LogP contribution is -2.04. The topological polar surface area (TPSA) is 35.2 Å². The smallest absolute Gasteiger partial charge is 0.148 e. The first-order chi connectivity index (χ1) is 8.56. The first-order valence-electron chi connectivity index (χ1n) is 5.54. The molecule has 2 nitrogen and oxygen atoms in total. The van der Waals surface area contributed by atoms with Crippen LogP contribution in [-0.2, 0) is 0 Å².